The first-order chi connectivity index (χ1) is 7.68. The molecule has 0 fully saturated rings. The van der Waals surface area contributed by atoms with Gasteiger partial charge in [-0.3, -0.25) is 4.57 Å². The fourth-order valence-electron chi connectivity index (χ4n) is 2.37. The third-order valence-corrected chi connectivity index (χ3v) is 3.23. The Morgan fingerprint density at radius 2 is 2.24 bits per heavy atom. The molecule has 17 heavy (non-hydrogen) atoms. The summed E-state index contributed by atoms with van der Waals surface area (Å²) >= 11 is 0. The van der Waals surface area contributed by atoms with Gasteiger partial charge in [0.25, 0.3) is 0 Å². The number of halogens is 1. The number of aryl methyl sites for hydroxylation is 1. The lowest BCUT2D eigenvalue weighted by Gasteiger charge is -2.15. The van der Waals surface area contributed by atoms with Crippen LogP contribution in [0.3, 0.4) is 0 Å². The number of H-pyrrole nitrogens is 1. The maximum absolute atomic E-state index is 11.7. The van der Waals surface area contributed by atoms with Crippen molar-refractivity contribution in [1.29, 1.82) is 0 Å². The molecular formula is C11H14ClN3O2. The summed E-state index contributed by atoms with van der Waals surface area (Å²) < 4.78 is 1.65. The van der Waals surface area contributed by atoms with Gasteiger partial charge >= 0.3 is 5.69 Å². The van der Waals surface area contributed by atoms with E-state index in [1.165, 1.54) is 0 Å². The topological polar surface area (TPSA) is 84.0 Å². The molecular weight excluding hydrogens is 242 g/mol. The number of hydrogen-bond acceptors (Lipinski definition) is 3. The van der Waals surface area contributed by atoms with Crippen molar-refractivity contribution < 1.29 is 5.11 Å². The van der Waals surface area contributed by atoms with E-state index in [1.807, 2.05) is 18.2 Å². The minimum atomic E-state index is -0.701. The second-order valence-electron chi connectivity index (χ2n) is 4.22. The quantitative estimate of drug-likeness (QED) is 0.642. The smallest absolute Gasteiger partial charge is 0.326 e. The highest BCUT2D eigenvalue weighted by molar-refractivity contribution is 5.85. The van der Waals surface area contributed by atoms with Gasteiger partial charge in [-0.15, -0.1) is 12.4 Å². The summed E-state index contributed by atoms with van der Waals surface area (Å²) in [5, 5.41) is 10.1. The van der Waals surface area contributed by atoms with Crippen LogP contribution in [0.25, 0.3) is 11.0 Å². The molecule has 0 saturated heterocycles. The molecule has 0 saturated carbocycles. The number of aliphatic hydroxyl groups is 1. The zero-order chi connectivity index (χ0) is 11.3. The van der Waals surface area contributed by atoms with E-state index < -0.39 is 6.10 Å². The summed E-state index contributed by atoms with van der Waals surface area (Å²) in [5.74, 6) is 0. The van der Waals surface area contributed by atoms with Crippen LogP contribution in [0.2, 0.25) is 0 Å². The van der Waals surface area contributed by atoms with Crippen LogP contribution >= 0.6 is 12.4 Å². The standard InChI is InChI=1S/C11H13N3O2.ClH/c12-7-4-5-14-9-6(10(7)15)2-1-3-8(9)13-11(14)16;/h1-3,7,10,15H,4-5,12H2,(H,13,16);1H/t7-,10-;/m1./s1. The van der Waals surface area contributed by atoms with Crippen molar-refractivity contribution in [2.75, 3.05) is 0 Å². The van der Waals surface area contributed by atoms with Gasteiger partial charge < -0.3 is 15.8 Å². The molecule has 4 N–H and O–H groups in total. The molecule has 0 bridgehead atoms. The third-order valence-electron chi connectivity index (χ3n) is 3.23. The van der Waals surface area contributed by atoms with Gasteiger partial charge in [-0.1, -0.05) is 12.1 Å². The van der Waals surface area contributed by atoms with Gasteiger partial charge in [-0.05, 0) is 12.5 Å². The molecule has 1 aliphatic heterocycles. The van der Waals surface area contributed by atoms with Crippen molar-refractivity contribution in [3.63, 3.8) is 0 Å². The number of rotatable bonds is 0. The number of imidazole rings is 1. The van der Waals surface area contributed by atoms with E-state index in [0.717, 1.165) is 16.6 Å². The van der Waals surface area contributed by atoms with E-state index in [4.69, 9.17) is 5.73 Å². The van der Waals surface area contributed by atoms with E-state index in [2.05, 4.69) is 4.98 Å². The van der Waals surface area contributed by atoms with E-state index in [0.29, 0.717) is 13.0 Å². The summed E-state index contributed by atoms with van der Waals surface area (Å²) in [6.07, 6.45) is -0.101. The number of nitrogens with one attached hydrogen (secondary N) is 1. The first-order valence-electron chi connectivity index (χ1n) is 5.33. The van der Waals surface area contributed by atoms with Crippen molar-refractivity contribution in [3.05, 3.63) is 34.2 Å². The minimum Gasteiger partial charge on any atom is -0.387 e. The molecule has 5 nitrogen and oxygen atoms in total. The lowest BCUT2D eigenvalue weighted by Crippen LogP contribution is -2.28. The van der Waals surface area contributed by atoms with Gasteiger partial charge in [-0.25, -0.2) is 4.79 Å². The van der Waals surface area contributed by atoms with E-state index in [1.54, 1.807) is 4.57 Å². The molecule has 1 aliphatic rings. The fraction of sp³-hybridized carbons (Fsp3) is 0.364. The predicted octanol–water partition coefficient (Wildman–Crippen LogP) is 0.516. The van der Waals surface area contributed by atoms with Crippen molar-refractivity contribution in [1.82, 2.24) is 9.55 Å². The zero-order valence-corrected chi connectivity index (χ0v) is 9.91. The van der Waals surface area contributed by atoms with Gasteiger partial charge in [0, 0.05) is 18.2 Å². The average molecular weight is 256 g/mol. The van der Waals surface area contributed by atoms with Gasteiger partial charge in [0.2, 0.25) is 0 Å². The lowest BCUT2D eigenvalue weighted by molar-refractivity contribution is 0.144. The fourth-order valence-corrected chi connectivity index (χ4v) is 2.37. The lowest BCUT2D eigenvalue weighted by atomic mass is 10.0. The number of nitrogens with zero attached hydrogens (tertiary/aromatic N) is 1. The number of aliphatic hydroxyl groups excluding tert-OH is 1. The van der Waals surface area contributed by atoms with Gasteiger partial charge in [0.15, 0.2) is 0 Å². The predicted molar refractivity (Wildman–Crippen MR) is 67.4 cm³/mol. The Kier molecular flexibility index (Phi) is 2.99. The number of aromatic amines is 1. The Hall–Kier alpha value is -1.30. The second kappa shape index (κ2) is 4.18. The molecule has 1 aromatic heterocycles. The molecule has 2 atom stereocenters. The molecule has 2 aromatic rings. The van der Waals surface area contributed by atoms with Crippen molar-refractivity contribution in [2.45, 2.75) is 25.1 Å². The number of aromatic nitrogens is 2. The Labute approximate surface area is 104 Å². The number of nitrogens with two attached hydrogens (primary N) is 1. The summed E-state index contributed by atoms with van der Waals surface area (Å²) in [7, 11) is 0. The van der Waals surface area contributed by atoms with Crippen molar-refractivity contribution >= 4 is 23.4 Å². The third kappa shape index (κ3) is 1.67. The zero-order valence-electron chi connectivity index (χ0n) is 9.09. The summed E-state index contributed by atoms with van der Waals surface area (Å²) in [6.45, 7) is 0.550. The Bertz CT molecular complexity index is 604. The van der Waals surface area contributed by atoms with Crippen molar-refractivity contribution in [3.8, 4) is 0 Å². The largest absolute Gasteiger partial charge is 0.387 e. The first kappa shape index (κ1) is 12.2. The van der Waals surface area contributed by atoms with E-state index in [-0.39, 0.29) is 24.1 Å². The summed E-state index contributed by atoms with van der Waals surface area (Å²) in [4.78, 5) is 14.5. The highest BCUT2D eigenvalue weighted by Crippen LogP contribution is 2.28. The SMILES string of the molecule is Cl.N[C@@H]1CCn2c(=O)[nH]c3cccc(c32)[C@H]1O. The summed E-state index contributed by atoms with van der Waals surface area (Å²) in [5.41, 5.74) is 8.01. The minimum absolute atomic E-state index is 0. The second-order valence-corrected chi connectivity index (χ2v) is 4.22. The number of benzene rings is 1. The molecule has 6 heteroatoms. The first-order valence-corrected chi connectivity index (χ1v) is 5.33. The maximum atomic E-state index is 11.7. The van der Waals surface area contributed by atoms with E-state index >= 15 is 0 Å². The molecule has 1 aromatic carbocycles. The number of para-hydroxylation sites is 1. The van der Waals surface area contributed by atoms with Crippen LogP contribution in [-0.2, 0) is 6.54 Å². The molecule has 3 rings (SSSR count). The normalized spacial score (nSPS) is 23.2. The van der Waals surface area contributed by atoms with Crippen LogP contribution in [0, 0.1) is 0 Å². The van der Waals surface area contributed by atoms with Gasteiger partial charge in [-0.2, -0.15) is 0 Å². The maximum Gasteiger partial charge on any atom is 0.326 e. The monoisotopic (exact) mass is 255 g/mol. The summed E-state index contributed by atoms with van der Waals surface area (Å²) in [6, 6.07) is 5.16. The van der Waals surface area contributed by atoms with Crippen LogP contribution in [0.5, 0.6) is 0 Å². The molecule has 92 valence electrons. The molecule has 0 amide bonds. The molecule has 0 unspecified atom stereocenters. The molecule has 0 spiro atoms. The van der Waals surface area contributed by atoms with Crippen molar-refractivity contribution in [2.24, 2.45) is 5.73 Å². The van der Waals surface area contributed by atoms with Gasteiger partial charge in [0.1, 0.15) is 0 Å². The molecule has 2 heterocycles. The Morgan fingerprint density at radius 3 is 3.00 bits per heavy atom. The Balaban J connectivity index is 0.00000108. The van der Waals surface area contributed by atoms with Gasteiger partial charge in [0.05, 0.1) is 17.1 Å². The van der Waals surface area contributed by atoms with Crippen LogP contribution in [0.4, 0.5) is 0 Å². The van der Waals surface area contributed by atoms with Crippen LogP contribution < -0.4 is 11.4 Å². The average Bonchev–Trinajstić information content (AvgIpc) is 2.53. The van der Waals surface area contributed by atoms with Crippen LogP contribution in [-0.4, -0.2) is 20.7 Å². The van der Waals surface area contributed by atoms with E-state index in [9.17, 15) is 9.90 Å². The Morgan fingerprint density at radius 1 is 1.47 bits per heavy atom. The van der Waals surface area contributed by atoms with Crippen LogP contribution in [0.1, 0.15) is 18.1 Å². The number of hydrogen-bond donors (Lipinski definition) is 3. The highest BCUT2D eigenvalue weighted by Gasteiger charge is 2.25. The highest BCUT2D eigenvalue weighted by atomic mass is 35.5. The molecule has 0 aliphatic carbocycles. The van der Waals surface area contributed by atoms with Crippen LogP contribution in [0.15, 0.2) is 23.0 Å². The molecule has 0 radical (unpaired) electrons.